The molecule has 0 aromatic carbocycles. The molecule has 22 heavy (non-hydrogen) atoms. The zero-order valence-corrected chi connectivity index (χ0v) is 13.2. The number of aromatic nitrogens is 1. The van der Waals surface area contributed by atoms with Gasteiger partial charge in [-0.05, 0) is 26.7 Å². The van der Waals surface area contributed by atoms with Gasteiger partial charge in [0.2, 0.25) is 0 Å². The molecule has 0 bridgehead atoms. The van der Waals surface area contributed by atoms with Crippen LogP contribution >= 0.6 is 0 Å². The third-order valence-electron chi connectivity index (χ3n) is 3.63. The number of hydrogen-bond acceptors (Lipinski definition) is 5. The first kappa shape index (κ1) is 16.3. The molecule has 2 heterocycles. The Bertz CT molecular complexity index is 479. The van der Waals surface area contributed by atoms with E-state index in [2.05, 4.69) is 20.4 Å². The van der Waals surface area contributed by atoms with Gasteiger partial charge in [-0.25, -0.2) is 4.99 Å². The predicted octanol–water partition coefficient (Wildman–Crippen LogP) is 1.42. The number of likely N-dealkylation sites (tertiary alicyclic amines) is 1. The van der Waals surface area contributed by atoms with Gasteiger partial charge in [0, 0.05) is 25.7 Å². The molecule has 1 saturated heterocycles. The van der Waals surface area contributed by atoms with Crippen LogP contribution in [0.5, 0.6) is 0 Å². The number of aliphatic imine (C=N–C) groups is 1. The molecule has 0 radical (unpaired) electrons. The summed E-state index contributed by atoms with van der Waals surface area (Å²) >= 11 is 0. The second-order valence-electron chi connectivity index (χ2n) is 5.17. The van der Waals surface area contributed by atoms with E-state index in [1.807, 2.05) is 13.8 Å². The van der Waals surface area contributed by atoms with Gasteiger partial charge >= 0.3 is 5.97 Å². The van der Waals surface area contributed by atoms with E-state index in [9.17, 15) is 4.79 Å². The van der Waals surface area contributed by atoms with Crippen molar-refractivity contribution in [2.24, 2.45) is 10.9 Å². The molecule has 0 aliphatic carbocycles. The van der Waals surface area contributed by atoms with Crippen LogP contribution < -0.4 is 5.32 Å². The maximum atomic E-state index is 11.8. The molecule has 0 spiro atoms. The first-order valence-electron chi connectivity index (χ1n) is 7.83. The van der Waals surface area contributed by atoms with Crippen molar-refractivity contribution in [1.29, 1.82) is 0 Å². The number of ether oxygens (including phenoxy) is 1. The van der Waals surface area contributed by atoms with Crippen LogP contribution in [0.25, 0.3) is 0 Å². The largest absolute Gasteiger partial charge is 0.466 e. The molecule has 1 fully saturated rings. The van der Waals surface area contributed by atoms with E-state index >= 15 is 0 Å². The van der Waals surface area contributed by atoms with Crippen molar-refractivity contribution in [2.75, 3.05) is 26.2 Å². The summed E-state index contributed by atoms with van der Waals surface area (Å²) in [5.41, 5.74) is 0.803. The fourth-order valence-electron chi connectivity index (χ4n) is 2.49. The van der Waals surface area contributed by atoms with Crippen LogP contribution in [0, 0.1) is 5.92 Å². The van der Waals surface area contributed by atoms with Crippen molar-refractivity contribution in [1.82, 2.24) is 15.4 Å². The van der Waals surface area contributed by atoms with Crippen LogP contribution in [0.4, 0.5) is 0 Å². The molecule has 0 amide bonds. The minimum Gasteiger partial charge on any atom is -0.466 e. The van der Waals surface area contributed by atoms with Gasteiger partial charge in [0.05, 0.1) is 19.1 Å². The SMILES string of the molecule is CCNC(=NCc1ccon1)N1CCC(C(=O)OCC)CC1. The molecule has 1 N–H and O–H groups in total. The molecule has 7 nitrogen and oxygen atoms in total. The Morgan fingerprint density at radius 2 is 2.27 bits per heavy atom. The summed E-state index contributed by atoms with van der Waals surface area (Å²) in [6, 6.07) is 1.81. The number of rotatable bonds is 5. The molecule has 0 atom stereocenters. The molecule has 1 aromatic rings. The Morgan fingerprint density at radius 1 is 1.50 bits per heavy atom. The molecule has 1 aliphatic heterocycles. The number of piperidine rings is 1. The van der Waals surface area contributed by atoms with Gasteiger partial charge in [-0.1, -0.05) is 5.16 Å². The van der Waals surface area contributed by atoms with Gasteiger partial charge in [-0.3, -0.25) is 4.79 Å². The lowest BCUT2D eigenvalue weighted by Crippen LogP contribution is -2.46. The Balaban J connectivity index is 1.90. The summed E-state index contributed by atoms with van der Waals surface area (Å²) in [7, 11) is 0. The summed E-state index contributed by atoms with van der Waals surface area (Å²) < 4.78 is 9.91. The Hall–Kier alpha value is -2.05. The topological polar surface area (TPSA) is 80.0 Å². The summed E-state index contributed by atoms with van der Waals surface area (Å²) in [4.78, 5) is 18.5. The quantitative estimate of drug-likeness (QED) is 0.503. The van der Waals surface area contributed by atoms with Crippen LogP contribution in [0.1, 0.15) is 32.4 Å². The number of nitrogens with zero attached hydrogens (tertiary/aromatic N) is 3. The number of esters is 1. The lowest BCUT2D eigenvalue weighted by molar-refractivity contribution is -0.149. The van der Waals surface area contributed by atoms with E-state index < -0.39 is 0 Å². The minimum atomic E-state index is -0.0771. The van der Waals surface area contributed by atoms with Gasteiger partial charge in [-0.15, -0.1) is 0 Å². The van der Waals surface area contributed by atoms with Crippen LogP contribution in [0.3, 0.4) is 0 Å². The average molecular weight is 308 g/mol. The van der Waals surface area contributed by atoms with Crippen molar-refractivity contribution in [3.8, 4) is 0 Å². The monoisotopic (exact) mass is 308 g/mol. The van der Waals surface area contributed by atoms with E-state index in [-0.39, 0.29) is 11.9 Å². The summed E-state index contributed by atoms with van der Waals surface area (Å²) in [5.74, 6) is 0.786. The second-order valence-corrected chi connectivity index (χ2v) is 5.17. The summed E-state index contributed by atoms with van der Waals surface area (Å²) in [6.07, 6.45) is 3.14. The van der Waals surface area contributed by atoms with E-state index in [1.165, 1.54) is 0 Å². The van der Waals surface area contributed by atoms with E-state index in [0.717, 1.165) is 44.1 Å². The molecular weight excluding hydrogens is 284 g/mol. The van der Waals surface area contributed by atoms with E-state index in [4.69, 9.17) is 9.26 Å². The van der Waals surface area contributed by atoms with Crippen LogP contribution in [-0.4, -0.2) is 48.2 Å². The zero-order chi connectivity index (χ0) is 15.8. The Morgan fingerprint density at radius 3 is 2.86 bits per heavy atom. The van der Waals surface area contributed by atoms with Gasteiger partial charge < -0.3 is 19.5 Å². The highest BCUT2D eigenvalue weighted by atomic mass is 16.5. The molecular formula is C15H24N4O3. The molecule has 122 valence electrons. The van der Waals surface area contributed by atoms with Gasteiger partial charge in [0.1, 0.15) is 12.0 Å². The molecule has 1 aliphatic rings. The van der Waals surface area contributed by atoms with E-state index in [0.29, 0.717) is 13.2 Å². The smallest absolute Gasteiger partial charge is 0.309 e. The van der Waals surface area contributed by atoms with E-state index in [1.54, 1.807) is 12.3 Å². The normalized spacial score (nSPS) is 16.6. The lowest BCUT2D eigenvalue weighted by atomic mass is 9.97. The number of hydrogen-bond donors (Lipinski definition) is 1. The van der Waals surface area contributed by atoms with Crippen molar-refractivity contribution < 1.29 is 14.1 Å². The number of carbonyl (C=O) groups excluding carboxylic acids is 1. The van der Waals surface area contributed by atoms with Crippen LogP contribution in [0.15, 0.2) is 21.8 Å². The minimum absolute atomic E-state index is 0.00890. The maximum Gasteiger partial charge on any atom is 0.309 e. The molecule has 1 aromatic heterocycles. The standard InChI is InChI=1S/C15H24N4O3/c1-3-16-15(17-11-13-7-10-22-18-13)19-8-5-12(6-9-19)14(20)21-4-2/h7,10,12H,3-6,8-9,11H2,1-2H3,(H,16,17). The van der Waals surface area contributed by atoms with Gasteiger partial charge in [0.25, 0.3) is 0 Å². The van der Waals surface area contributed by atoms with Gasteiger partial charge in [-0.2, -0.15) is 0 Å². The number of nitrogens with one attached hydrogen (secondary N) is 1. The maximum absolute atomic E-state index is 11.8. The highest BCUT2D eigenvalue weighted by Gasteiger charge is 2.27. The predicted molar refractivity (Wildman–Crippen MR) is 82.2 cm³/mol. The van der Waals surface area contributed by atoms with Gasteiger partial charge in [0.15, 0.2) is 5.96 Å². The Labute approximate surface area is 130 Å². The Kier molecular flexibility index (Phi) is 6.24. The van der Waals surface area contributed by atoms with Crippen molar-refractivity contribution >= 4 is 11.9 Å². The fourth-order valence-corrected chi connectivity index (χ4v) is 2.49. The highest BCUT2D eigenvalue weighted by Crippen LogP contribution is 2.18. The average Bonchev–Trinajstić information content (AvgIpc) is 3.05. The summed E-state index contributed by atoms with van der Waals surface area (Å²) in [6.45, 7) is 7.21. The molecule has 2 rings (SSSR count). The van der Waals surface area contributed by atoms with Crippen molar-refractivity contribution in [2.45, 2.75) is 33.2 Å². The fraction of sp³-hybridized carbons (Fsp3) is 0.667. The molecule has 7 heteroatoms. The lowest BCUT2D eigenvalue weighted by Gasteiger charge is -2.33. The number of carbonyl (C=O) groups is 1. The molecule has 0 unspecified atom stereocenters. The molecule has 0 saturated carbocycles. The zero-order valence-electron chi connectivity index (χ0n) is 13.2. The number of guanidine groups is 1. The second kappa shape index (κ2) is 8.41. The van der Waals surface area contributed by atoms with Crippen molar-refractivity contribution in [3.63, 3.8) is 0 Å². The van der Waals surface area contributed by atoms with Crippen LogP contribution in [0.2, 0.25) is 0 Å². The first-order chi connectivity index (χ1) is 10.7. The third-order valence-corrected chi connectivity index (χ3v) is 3.63. The first-order valence-corrected chi connectivity index (χ1v) is 7.83. The summed E-state index contributed by atoms with van der Waals surface area (Å²) in [5, 5.41) is 7.14. The highest BCUT2D eigenvalue weighted by molar-refractivity contribution is 5.80. The third kappa shape index (κ3) is 4.47. The van der Waals surface area contributed by atoms with Crippen LogP contribution in [-0.2, 0) is 16.1 Å². The van der Waals surface area contributed by atoms with Crippen molar-refractivity contribution in [3.05, 3.63) is 18.0 Å².